The maximum Gasteiger partial charge on any atom is 0.321 e. The molecule has 0 bridgehead atoms. The Morgan fingerprint density at radius 2 is 1.83 bits per heavy atom. The molecule has 1 aromatic carbocycles. The lowest BCUT2D eigenvalue weighted by Gasteiger charge is -2.28. The summed E-state index contributed by atoms with van der Waals surface area (Å²) in [5, 5.41) is 5.38. The van der Waals surface area contributed by atoms with Crippen LogP contribution in [0, 0.1) is 0 Å². The van der Waals surface area contributed by atoms with E-state index in [9.17, 15) is 9.59 Å². The fourth-order valence-corrected chi connectivity index (χ4v) is 3.53. The molecule has 0 aromatic heterocycles. The highest BCUT2D eigenvalue weighted by molar-refractivity contribution is 5.95. The maximum atomic E-state index is 12.1. The quantitative estimate of drug-likeness (QED) is 0.899. The van der Waals surface area contributed by atoms with E-state index in [0.717, 1.165) is 45.2 Å². The Balaban J connectivity index is 1.43. The van der Waals surface area contributed by atoms with Gasteiger partial charge >= 0.3 is 6.03 Å². The third-order valence-electron chi connectivity index (χ3n) is 4.77. The molecule has 1 heterocycles. The van der Waals surface area contributed by atoms with Crippen LogP contribution in [0.15, 0.2) is 24.3 Å². The summed E-state index contributed by atoms with van der Waals surface area (Å²) in [5.74, 6) is -0.224. The molecule has 0 atom stereocenters. The molecule has 2 N–H and O–H groups in total. The Labute approximate surface area is 137 Å². The lowest BCUT2D eigenvalue weighted by Crippen LogP contribution is -2.48. The Kier molecular flexibility index (Phi) is 5.28. The van der Waals surface area contributed by atoms with E-state index in [1.165, 1.54) is 17.5 Å². The minimum atomic E-state index is -0.348. The van der Waals surface area contributed by atoms with Crippen LogP contribution in [-0.4, -0.2) is 36.0 Å². The van der Waals surface area contributed by atoms with Crippen LogP contribution >= 0.6 is 0 Å². The van der Waals surface area contributed by atoms with E-state index in [1.807, 2.05) is 6.07 Å². The maximum absolute atomic E-state index is 12.1. The van der Waals surface area contributed by atoms with Crippen LogP contribution in [0.3, 0.4) is 0 Å². The Morgan fingerprint density at radius 3 is 2.61 bits per heavy atom. The molecule has 0 radical (unpaired) electrons. The van der Waals surface area contributed by atoms with Gasteiger partial charge in [0.25, 0.3) is 0 Å². The number of carbonyl (C=O) groups excluding carboxylic acids is 2. The first-order chi connectivity index (χ1) is 11.2. The second kappa shape index (κ2) is 7.59. The monoisotopic (exact) mass is 315 g/mol. The van der Waals surface area contributed by atoms with Crippen molar-refractivity contribution in [2.75, 3.05) is 13.1 Å². The van der Waals surface area contributed by atoms with Crippen molar-refractivity contribution in [3.8, 4) is 0 Å². The van der Waals surface area contributed by atoms with Gasteiger partial charge in [-0.25, -0.2) is 4.79 Å². The van der Waals surface area contributed by atoms with Crippen molar-refractivity contribution in [2.24, 2.45) is 0 Å². The topological polar surface area (TPSA) is 61.4 Å². The largest absolute Gasteiger partial charge is 0.335 e. The van der Waals surface area contributed by atoms with Crippen molar-refractivity contribution in [3.05, 3.63) is 35.4 Å². The average molecular weight is 315 g/mol. The number of hydrogen-bond acceptors (Lipinski definition) is 3. The average Bonchev–Trinajstić information content (AvgIpc) is 2.55. The molecule has 124 valence electrons. The van der Waals surface area contributed by atoms with Crippen LogP contribution < -0.4 is 10.6 Å². The number of fused-ring (bicyclic) bond motifs is 1. The van der Waals surface area contributed by atoms with Gasteiger partial charge in [-0.05, 0) is 30.4 Å². The molecule has 1 fully saturated rings. The molecule has 1 aliphatic carbocycles. The molecular formula is C18H25N3O2. The van der Waals surface area contributed by atoms with Gasteiger partial charge in [-0.2, -0.15) is 0 Å². The van der Waals surface area contributed by atoms with Gasteiger partial charge < -0.3 is 5.32 Å². The number of nitrogens with one attached hydrogen (secondary N) is 2. The molecular weight excluding hydrogens is 290 g/mol. The van der Waals surface area contributed by atoms with E-state index in [2.05, 4.69) is 33.7 Å². The zero-order chi connectivity index (χ0) is 16.1. The van der Waals surface area contributed by atoms with Gasteiger partial charge in [0.1, 0.15) is 0 Å². The van der Waals surface area contributed by atoms with E-state index in [4.69, 9.17) is 0 Å². The molecule has 5 nitrogen and oxygen atoms in total. The zero-order valence-electron chi connectivity index (χ0n) is 13.5. The summed E-state index contributed by atoms with van der Waals surface area (Å²) in [4.78, 5) is 26.1. The van der Waals surface area contributed by atoms with Crippen molar-refractivity contribution in [2.45, 2.75) is 51.1 Å². The molecule has 0 spiro atoms. The third-order valence-corrected chi connectivity index (χ3v) is 4.77. The van der Waals surface area contributed by atoms with E-state index in [-0.39, 0.29) is 24.5 Å². The van der Waals surface area contributed by atoms with Crippen molar-refractivity contribution >= 4 is 11.9 Å². The molecule has 0 saturated heterocycles. The SMILES string of the molecule is O=C(CN1CCc2ccccc2C1)NC(=O)NC1CCCCC1. The fourth-order valence-electron chi connectivity index (χ4n) is 3.53. The van der Waals surface area contributed by atoms with Crippen molar-refractivity contribution < 1.29 is 9.59 Å². The molecule has 1 aliphatic heterocycles. The van der Waals surface area contributed by atoms with E-state index < -0.39 is 0 Å². The number of hydrogen-bond donors (Lipinski definition) is 2. The minimum absolute atomic E-state index is 0.221. The standard InChI is InChI=1S/C18H25N3O2/c22-17(20-18(23)19-16-8-2-1-3-9-16)13-21-11-10-14-6-4-5-7-15(14)12-21/h4-7,16H,1-3,8-13H2,(H2,19,20,22,23). The van der Waals surface area contributed by atoms with Gasteiger partial charge in [-0.1, -0.05) is 43.5 Å². The van der Waals surface area contributed by atoms with Gasteiger partial charge in [0.2, 0.25) is 5.91 Å². The van der Waals surface area contributed by atoms with Gasteiger partial charge in [0.15, 0.2) is 0 Å². The number of carbonyl (C=O) groups is 2. The lowest BCUT2D eigenvalue weighted by molar-refractivity contribution is -0.121. The highest BCUT2D eigenvalue weighted by atomic mass is 16.2. The highest BCUT2D eigenvalue weighted by Crippen LogP contribution is 2.18. The summed E-state index contributed by atoms with van der Waals surface area (Å²) in [6, 6.07) is 8.20. The van der Waals surface area contributed by atoms with Gasteiger partial charge in [0.05, 0.1) is 6.54 Å². The van der Waals surface area contributed by atoms with Crippen LogP contribution in [0.4, 0.5) is 4.79 Å². The summed E-state index contributed by atoms with van der Waals surface area (Å²) in [6.45, 7) is 1.90. The third kappa shape index (κ3) is 4.55. The minimum Gasteiger partial charge on any atom is -0.335 e. The molecule has 3 rings (SSSR count). The summed E-state index contributed by atoms with van der Waals surface area (Å²) in [5.41, 5.74) is 2.64. The van der Waals surface area contributed by atoms with Gasteiger partial charge in [-0.3, -0.25) is 15.0 Å². The van der Waals surface area contributed by atoms with Crippen LogP contribution in [0.1, 0.15) is 43.2 Å². The number of nitrogens with zero attached hydrogens (tertiary/aromatic N) is 1. The van der Waals surface area contributed by atoms with Crippen LogP contribution in [-0.2, 0) is 17.8 Å². The summed E-state index contributed by atoms with van der Waals surface area (Å²) >= 11 is 0. The van der Waals surface area contributed by atoms with Crippen molar-refractivity contribution in [1.82, 2.24) is 15.5 Å². The summed E-state index contributed by atoms with van der Waals surface area (Å²) < 4.78 is 0. The van der Waals surface area contributed by atoms with Gasteiger partial charge in [-0.15, -0.1) is 0 Å². The molecule has 1 aromatic rings. The number of rotatable bonds is 3. The first-order valence-corrected chi connectivity index (χ1v) is 8.60. The van der Waals surface area contributed by atoms with Gasteiger partial charge in [0, 0.05) is 19.1 Å². The first-order valence-electron chi connectivity index (χ1n) is 8.60. The normalized spacial score (nSPS) is 19.0. The van der Waals surface area contributed by atoms with Crippen LogP contribution in [0.5, 0.6) is 0 Å². The number of amides is 3. The molecule has 0 unspecified atom stereocenters. The second-order valence-corrected chi connectivity index (χ2v) is 6.59. The van der Waals surface area contributed by atoms with Crippen LogP contribution in [0.25, 0.3) is 0 Å². The van der Waals surface area contributed by atoms with E-state index in [0.29, 0.717) is 0 Å². The predicted octanol–water partition coefficient (Wildman–Crippen LogP) is 2.20. The molecule has 3 amide bonds. The second-order valence-electron chi connectivity index (χ2n) is 6.59. The first kappa shape index (κ1) is 16.0. The Bertz CT molecular complexity index is 567. The zero-order valence-corrected chi connectivity index (χ0v) is 13.5. The molecule has 23 heavy (non-hydrogen) atoms. The fraction of sp³-hybridized carbons (Fsp3) is 0.556. The molecule has 1 saturated carbocycles. The van der Waals surface area contributed by atoms with Crippen molar-refractivity contribution in [1.29, 1.82) is 0 Å². The number of imide groups is 1. The van der Waals surface area contributed by atoms with Crippen molar-refractivity contribution in [3.63, 3.8) is 0 Å². The highest BCUT2D eigenvalue weighted by Gasteiger charge is 2.20. The van der Waals surface area contributed by atoms with E-state index in [1.54, 1.807) is 0 Å². The molecule has 2 aliphatic rings. The Morgan fingerprint density at radius 1 is 1.09 bits per heavy atom. The lowest BCUT2D eigenvalue weighted by atomic mass is 9.96. The van der Waals surface area contributed by atoms with E-state index >= 15 is 0 Å². The van der Waals surface area contributed by atoms with Crippen LogP contribution in [0.2, 0.25) is 0 Å². The number of benzene rings is 1. The smallest absolute Gasteiger partial charge is 0.321 e. The summed E-state index contributed by atoms with van der Waals surface area (Å²) in [7, 11) is 0. The Hall–Kier alpha value is -1.88. The molecule has 5 heteroatoms. The number of urea groups is 1. The predicted molar refractivity (Wildman–Crippen MR) is 89.0 cm³/mol. The summed E-state index contributed by atoms with van der Waals surface area (Å²) in [6.07, 6.45) is 6.56.